The first-order valence-corrected chi connectivity index (χ1v) is 9.44. The van der Waals surface area contributed by atoms with E-state index in [9.17, 15) is 13.6 Å². The van der Waals surface area contributed by atoms with Crippen molar-refractivity contribution in [1.29, 1.82) is 0 Å². The monoisotopic (exact) mass is 399 g/mol. The molecule has 2 aliphatic rings. The quantitative estimate of drug-likeness (QED) is 0.673. The Bertz CT molecular complexity index is 1210. The van der Waals surface area contributed by atoms with Crippen molar-refractivity contribution in [3.63, 3.8) is 0 Å². The van der Waals surface area contributed by atoms with Crippen molar-refractivity contribution in [1.82, 2.24) is 15.2 Å². The Morgan fingerprint density at radius 2 is 2.10 bits per heavy atom. The predicted octanol–water partition coefficient (Wildman–Crippen LogP) is 4.58. The zero-order valence-corrected chi connectivity index (χ0v) is 15.9. The highest BCUT2D eigenvalue weighted by Gasteiger charge is 2.34. The van der Waals surface area contributed by atoms with E-state index in [0.717, 1.165) is 29.7 Å². The van der Waals surface area contributed by atoms with Gasteiger partial charge in [0.2, 0.25) is 0 Å². The summed E-state index contributed by atoms with van der Waals surface area (Å²) in [6.45, 7) is 0.728. The van der Waals surface area contributed by atoms with Crippen molar-refractivity contribution in [2.45, 2.75) is 44.8 Å². The summed E-state index contributed by atoms with van der Waals surface area (Å²) in [5.74, 6) is 0.530. The van der Waals surface area contributed by atoms with Crippen LogP contribution < -0.4 is 15.0 Å². The molecule has 0 saturated heterocycles. The van der Waals surface area contributed by atoms with Gasteiger partial charge in [0.25, 0.3) is 5.56 Å². The molecule has 8 heteroatoms. The summed E-state index contributed by atoms with van der Waals surface area (Å²) in [6, 6.07) is 3.21. The van der Waals surface area contributed by atoms with Gasteiger partial charge in [-0.25, -0.2) is 5.10 Å². The van der Waals surface area contributed by atoms with Crippen molar-refractivity contribution >= 4 is 17.0 Å². The molecule has 5 rings (SSSR count). The van der Waals surface area contributed by atoms with E-state index < -0.39 is 12.2 Å². The number of aromatic amines is 2. The van der Waals surface area contributed by atoms with E-state index in [-0.39, 0.29) is 23.0 Å². The first-order valence-electron chi connectivity index (χ1n) is 9.44. The lowest BCUT2D eigenvalue weighted by Gasteiger charge is -2.30. The van der Waals surface area contributed by atoms with Crippen LogP contribution in [0.4, 0.5) is 8.78 Å². The fraction of sp³-hybridized carbons (Fsp3) is 0.333. The summed E-state index contributed by atoms with van der Waals surface area (Å²) < 4.78 is 36.5. The predicted molar refractivity (Wildman–Crippen MR) is 104 cm³/mol. The summed E-state index contributed by atoms with van der Waals surface area (Å²) >= 11 is 0. The average Bonchev–Trinajstić information content (AvgIpc) is 3.41. The normalized spacial score (nSPS) is 17.4. The standard InChI is InChI=1S/C21H19F2N3O3/c1-21(2)8-7-12-11(5-6-14(18(12)29-21)28-20(22)23)17-15(10-3-4-10)16-13(25-17)9-24-26-19(16)27/h5-10,20,25H,3-4H2,1-2H3,(H,26,27). The second-order valence-corrected chi connectivity index (χ2v) is 7.95. The first-order chi connectivity index (χ1) is 13.8. The molecule has 1 aliphatic heterocycles. The number of nitrogens with one attached hydrogen (secondary N) is 2. The van der Waals surface area contributed by atoms with Gasteiger partial charge in [0, 0.05) is 11.1 Å². The number of H-pyrrole nitrogens is 2. The van der Waals surface area contributed by atoms with Gasteiger partial charge in [0.1, 0.15) is 5.60 Å². The molecule has 0 unspecified atom stereocenters. The molecular weight excluding hydrogens is 380 g/mol. The van der Waals surface area contributed by atoms with Crippen LogP contribution in [-0.2, 0) is 0 Å². The van der Waals surface area contributed by atoms with E-state index in [1.165, 1.54) is 6.07 Å². The lowest BCUT2D eigenvalue weighted by molar-refractivity contribution is -0.0526. The number of ether oxygens (including phenoxy) is 2. The maximum atomic E-state index is 12.9. The summed E-state index contributed by atoms with van der Waals surface area (Å²) in [4.78, 5) is 15.8. The molecule has 6 nitrogen and oxygen atoms in total. The van der Waals surface area contributed by atoms with E-state index in [2.05, 4.69) is 15.2 Å². The van der Waals surface area contributed by atoms with Crippen LogP contribution in [0.3, 0.4) is 0 Å². The van der Waals surface area contributed by atoms with Crippen LogP contribution >= 0.6 is 0 Å². The average molecular weight is 399 g/mol. The van der Waals surface area contributed by atoms with Crippen molar-refractivity contribution in [2.24, 2.45) is 0 Å². The Hall–Kier alpha value is -3.16. The van der Waals surface area contributed by atoms with Gasteiger partial charge in [-0.05, 0) is 56.4 Å². The Morgan fingerprint density at radius 1 is 1.31 bits per heavy atom. The topological polar surface area (TPSA) is 80.0 Å². The Morgan fingerprint density at radius 3 is 2.83 bits per heavy atom. The SMILES string of the molecule is CC1(C)C=Cc2c(-c3[nH]c4cn[nH]c(=O)c4c3C3CC3)ccc(OC(F)F)c2O1. The molecule has 2 aromatic heterocycles. The zero-order valence-electron chi connectivity index (χ0n) is 15.9. The highest BCUT2D eigenvalue weighted by Crippen LogP contribution is 2.50. The largest absolute Gasteiger partial charge is 0.479 e. The molecule has 3 heterocycles. The Balaban J connectivity index is 1.77. The van der Waals surface area contributed by atoms with Crippen LogP contribution in [0.25, 0.3) is 28.2 Å². The number of benzene rings is 1. The number of fused-ring (bicyclic) bond motifs is 2. The van der Waals surface area contributed by atoms with E-state index in [1.807, 2.05) is 26.0 Å². The van der Waals surface area contributed by atoms with Gasteiger partial charge in [-0.1, -0.05) is 6.08 Å². The summed E-state index contributed by atoms with van der Waals surface area (Å²) in [6.07, 6.45) is 7.31. The molecule has 0 bridgehead atoms. The lowest BCUT2D eigenvalue weighted by Crippen LogP contribution is -2.28. The number of hydrogen-bond donors (Lipinski definition) is 2. The third-order valence-electron chi connectivity index (χ3n) is 5.30. The summed E-state index contributed by atoms with van der Waals surface area (Å²) in [7, 11) is 0. The maximum Gasteiger partial charge on any atom is 0.387 e. The van der Waals surface area contributed by atoms with Gasteiger partial charge < -0.3 is 14.5 Å². The van der Waals surface area contributed by atoms with Crippen LogP contribution in [0.1, 0.15) is 43.7 Å². The fourth-order valence-electron chi connectivity index (χ4n) is 3.92. The molecular formula is C21H19F2N3O3. The van der Waals surface area contributed by atoms with Crippen LogP contribution in [0.15, 0.2) is 29.2 Å². The molecule has 3 aromatic rings. The number of rotatable bonds is 4. The zero-order chi connectivity index (χ0) is 20.3. The van der Waals surface area contributed by atoms with E-state index in [4.69, 9.17) is 9.47 Å². The Kier molecular flexibility index (Phi) is 3.81. The van der Waals surface area contributed by atoms with Gasteiger partial charge >= 0.3 is 6.61 Å². The van der Waals surface area contributed by atoms with Crippen molar-refractivity contribution < 1.29 is 18.3 Å². The van der Waals surface area contributed by atoms with Crippen LogP contribution in [-0.4, -0.2) is 27.4 Å². The van der Waals surface area contributed by atoms with Crippen molar-refractivity contribution in [2.75, 3.05) is 0 Å². The molecule has 1 aliphatic carbocycles. The molecule has 1 aromatic carbocycles. The number of alkyl halides is 2. The molecule has 1 saturated carbocycles. The number of aromatic nitrogens is 3. The molecule has 0 amide bonds. The van der Waals surface area contributed by atoms with Crippen molar-refractivity contribution in [3.05, 3.63) is 45.9 Å². The van der Waals surface area contributed by atoms with E-state index >= 15 is 0 Å². The highest BCUT2D eigenvalue weighted by atomic mass is 19.3. The molecule has 2 N–H and O–H groups in total. The summed E-state index contributed by atoms with van der Waals surface area (Å²) in [5.41, 5.74) is 2.87. The second kappa shape index (κ2) is 6.17. The minimum absolute atomic E-state index is 0.0141. The Labute approximate surface area is 164 Å². The minimum Gasteiger partial charge on any atom is -0.479 e. The van der Waals surface area contributed by atoms with Gasteiger partial charge in [-0.15, -0.1) is 0 Å². The number of halogens is 2. The molecule has 1 fully saturated rings. The molecule has 150 valence electrons. The van der Waals surface area contributed by atoms with E-state index in [1.54, 1.807) is 12.3 Å². The van der Waals surface area contributed by atoms with Gasteiger partial charge in [0.15, 0.2) is 11.5 Å². The van der Waals surface area contributed by atoms with Gasteiger partial charge in [0.05, 0.1) is 22.8 Å². The molecule has 29 heavy (non-hydrogen) atoms. The van der Waals surface area contributed by atoms with E-state index in [0.29, 0.717) is 16.5 Å². The van der Waals surface area contributed by atoms with Crippen LogP contribution in [0.5, 0.6) is 11.5 Å². The minimum atomic E-state index is -2.96. The lowest BCUT2D eigenvalue weighted by atomic mass is 9.94. The smallest absolute Gasteiger partial charge is 0.387 e. The maximum absolute atomic E-state index is 12.9. The van der Waals surface area contributed by atoms with Crippen molar-refractivity contribution in [3.8, 4) is 22.8 Å². The fourth-order valence-corrected chi connectivity index (χ4v) is 3.92. The summed E-state index contributed by atoms with van der Waals surface area (Å²) in [5, 5.41) is 6.98. The molecule has 0 atom stereocenters. The number of nitrogens with zero attached hydrogens (tertiary/aromatic N) is 1. The van der Waals surface area contributed by atoms with Crippen LogP contribution in [0, 0.1) is 0 Å². The second-order valence-electron chi connectivity index (χ2n) is 7.95. The molecule has 0 spiro atoms. The number of hydrogen-bond acceptors (Lipinski definition) is 4. The first kappa shape index (κ1) is 17.9. The highest BCUT2D eigenvalue weighted by molar-refractivity contribution is 5.93. The van der Waals surface area contributed by atoms with Crippen LogP contribution in [0.2, 0.25) is 0 Å². The van der Waals surface area contributed by atoms with Gasteiger partial charge in [-0.2, -0.15) is 13.9 Å². The third kappa shape index (κ3) is 2.99. The molecule has 0 radical (unpaired) electrons. The third-order valence-corrected chi connectivity index (χ3v) is 5.30. The van der Waals surface area contributed by atoms with Gasteiger partial charge in [-0.3, -0.25) is 4.79 Å².